The molecule has 1 amide bonds. The third kappa shape index (κ3) is 4.56. The molecule has 1 aromatic rings. The van der Waals surface area contributed by atoms with Crippen LogP contribution in [0.5, 0.6) is 0 Å². The lowest BCUT2D eigenvalue weighted by Gasteiger charge is -2.22. The van der Waals surface area contributed by atoms with Crippen molar-refractivity contribution < 1.29 is 9.53 Å². The van der Waals surface area contributed by atoms with Gasteiger partial charge in [0.05, 0.1) is 17.3 Å². The van der Waals surface area contributed by atoms with Gasteiger partial charge < -0.3 is 10.1 Å². The van der Waals surface area contributed by atoms with E-state index in [0.29, 0.717) is 28.3 Å². The van der Waals surface area contributed by atoms with Crippen molar-refractivity contribution >= 4 is 35.0 Å². The highest BCUT2D eigenvalue weighted by Gasteiger charge is 2.15. The van der Waals surface area contributed by atoms with Crippen LogP contribution in [0.3, 0.4) is 0 Å². The quantitative estimate of drug-likeness (QED) is 0.898. The standard InChI is InChI=1S/C13H16Cl2N2O2/c14-10-3-4-11(15)12(6-10)17-13(18)19-8-9-2-1-5-16-7-9/h3-4,6,9,16H,1-2,5,7-8H2,(H,17,18). The molecule has 1 saturated heterocycles. The molecule has 0 bridgehead atoms. The second kappa shape index (κ2) is 6.98. The summed E-state index contributed by atoms with van der Waals surface area (Å²) in [5.74, 6) is 0.384. The summed E-state index contributed by atoms with van der Waals surface area (Å²) in [6.45, 7) is 2.35. The minimum absolute atomic E-state index is 0.384. The van der Waals surface area contributed by atoms with Crippen molar-refractivity contribution in [1.29, 1.82) is 0 Å². The number of nitrogens with one attached hydrogen (secondary N) is 2. The molecule has 6 heteroatoms. The highest BCUT2D eigenvalue weighted by atomic mass is 35.5. The monoisotopic (exact) mass is 302 g/mol. The van der Waals surface area contributed by atoms with Crippen molar-refractivity contribution in [3.05, 3.63) is 28.2 Å². The van der Waals surface area contributed by atoms with Crippen LogP contribution in [0.4, 0.5) is 10.5 Å². The Hall–Kier alpha value is -0.970. The molecule has 0 aliphatic carbocycles. The van der Waals surface area contributed by atoms with Gasteiger partial charge in [-0.3, -0.25) is 5.32 Å². The van der Waals surface area contributed by atoms with E-state index < -0.39 is 6.09 Å². The van der Waals surface area contributed by atoms with Gasteiger partial charge in [0.25, 0.3) is 0 Å². The third-order valence-corrected chi connectivity index (χ3v) is 3.58. The van der Waals surface area contributed by atoms with Gasteiger partial charge in [-0.1, -0.05) is 23.2 Å². The molecule has 104 valence electrons. The zero-order chi connectivity index (χ0) is 13.7. The maximum Gasteiger partial charge on any atom is 0.411 e. The minimum atomic E-state index is -0.505. The van der Waals surface area contributed by atoms with Crippen LogP contribution in [0.2, 0.25) is 10.0 Å². The Morgan fingerprint density at radius 2 is 2.32 bits per heavy atom. The molecule has 0 radical (unpaired) electrons. The Balaban J connectivity index is 1.81. The molecule has 1 aliphatic heterocycles. The van der Waals surface area contributed by atoms with Crippen molar-refractivity contribution in [3.63, 3.8) is 0 Å². The molecule has 1 unspecified atom stereocenters. The summed E-state index contributed by atoms with van der Waals surface area (Å²) in [5.41, 5.74) is 0.459. The van der Waals surface area contributed by atoms with Crippen molar-refractivity contribution in [1.82, 2.24) is 5.32 Å². The largest absolute Gasteiger partial charge is 0.449 e. The lowest BCUT2D eigenvalue weighted by molar-refractivity contribution is 0.132. The first-order chi connectivity index (χ1) is 9.15. The Morgan fingerprint density at radius 1 is 1.47 bits per heavy atom. The second-order valence-electron chi connectivity index (χ2n) is 4.56. The number of carbonyl (C=O) groups excluding carboxylic acids is 1. The fourth-order valence-electron chi connectivity index (χ4n) is 2.00. The van der Waals surface area contributed by atoms with Gasteiger partial charge in [0, 0.05) is 17.5 Å². The molecule has 0 spiro atoms. The molecule has 1 atom stereocenters. The van der Waals surface area contributed by atoms with E-state index in [-0.39, 0.29) is 0 Å². The molecular weight excluding hydrogens is 287 g/mol. The van der Waals surface area contributed by atoms with Crippen LogP contribution in [-0.2, 0) is 4.74 Å². The summed E-state index contributed by atoms with van der Waals surface area (Å²) in [4.78, 5) is 11.7. The summed E-state index contributed by atoms with van der Waals surface area (Å²) < 4.78 is 5.19. The number of anilines is 1. The Kier molecular flexibility index (Phi) is 5.31. The number of piperidine rings is 1. The van der Waals surface area contributed by atoms with Gasteiger partial charge in [-0.15, -0.1) is 0 Å². The van der Waals surface area contributed by atoms with Crippen LogP contribution < -0.4 is 10.6 Å². The first kappa shape index (κ1) is 14.4. The Morgan fingerprint density at radius 3 is 3.05 bits per heavy atom. The van der Waals surface area contributed by atoms with Crippen molar-refractivity contribution in [2.45, 2.75) is 12.8 Å². The molecule has 1 fully saturated rings. The predicted molar refractivity (Wildman–Crippen MR) is 77.0 cm³/mol. The van der Waals surface area contributed by atoms with Gasteiger partial charge in [0.15, 0.2) is 0 Å². The molecule has 2 rings (SSSR count). The first-order valence-corrected chi connectivity index (χ1v) is 7.00. The number of rotatable bonds is 3. The Bertz CT molecular complexity index is 448. The van der Waals surface area contributed by atoms with E-state index in [1.54, 1.807) is 18.2 Å². The molecule has 19 heavy (non-hydrogen) atoms. The molecular formula is C13H16Cl2N2O2. The number of hydrogen-bond donors (Lipinski definition) is 2. The van der Waals surface area contributed by atoms with Crippen LogP contribution in [0, 0.1) is 5.92 Å². The van der Waals surface area contributed by atoms with E-state index in [9.17, 15) is 4.79 Å². The lowest BCUT2D eigenvalue weighted by Crippen LogP contribution is -2.33. The molecule has 4 nitrogen and oxygen atoms in total. The van der Waals surface area contributed by atoms with Gasteiger partial charge >= 0.3 is 6.09 Å². The Labute approximate surface area is 122 Å². The van der Waals surface area contributed by atoms with Gasteiger partial charge in [-0.05, 0) is 37.6 Å². The maximum atomic E-state index is 11.7. The van der Waals surface area contributed by atoms with E-state index >= 15 is 0 Å². The maximum absolute atomic E-state index is 11.7. The summed E-state index contributed by atoms with van der Waals surface area (Å²) in [7, 11) is 0. The van der Waals surface area contributed by atoms with Crippen LogP contribution in [0.25, 0.3) is 0 Å². The smallest absolute Gasteiger partial charge is 0.411 e. The third-order valence-electron chi connectivity index (χ3n) is 3.01. The lowest BCUT2D eigenvalue weighted by atomic mass is 10.0. The summed E-state index contributed by atoms with van der Waals surface area (Å²) in [6, 6.07) is 4.88. The molecule has 1 aromatic carbocycles. The summed E-state index contributed by atoms with van der Waals surface area (Å²) in [6.07, 6.45) is 1.70. The van der Waals surface area contributed by atoms with E-state index in [1.807, 2.05) is 0 Å². The van der Waals surface area contributed by atoms with Crippen LogP contribution in [-0.4, -0.2) is 25.8 Å². The SMILES string of the molecule is O=C(Nc1cc(Cl)ccc1Cl)OCC1CCCNC1. The normalized spacial score (nSPS) is 18.9. The van der Waals surface area contributed by atoms with Crippen LogP contribution in [0.15, 0.2) is 18.2 Å². The average molecular weight is 303 g/mol. The number of halogens is 2. The van der Waals surface area contributed by atoms with Crippen LogP contribution in [0.1, 0.15) is 12.8 Å². The number of amides is 1. The number of ether oxygens (including phenoxy) is 1. The minimum Gasteiger partial charge on any atom is -0.449 e. The zero-order valence-corrected chi connectivity index (χ0v) is 11.9. The zero-order valence-electron chi connectivity index (χ0n) is 10.4. The highest BCUT2D eigenvalue weighted by Crippen LogP contribution is 2.25. The highest BCUT2D eigenvalue weighted by molar-refractivity contribution is 6.35. The molecule has 2 N–H and O–H groups in total. The molecule has 1 heterocycles. The van der Waals surface area contributed by atoms with Gasteiger partial charge in [0.2, 0.25) is 0 Å². The van der Waals surface area contributed by atoms with E-state index in [4.69, 9.17) is 27.9 Å². The van der Waals surface area contributed by atoms with E-state index in [0.717, 1.165) is 25.9 Å². The second-order valence-corrected chi connectivity index (χ2v) is 5.40. The summed E-state index contributed by atoms with van der Waals surface area (Å²) >= 11 is 11.8. The first-order valence-electron chi connectivity index (χ1n) is 6.24. The topological polar surface area (TPSA) is 50.4 Å². The number of carbonyl (C=O) groups is 1. The number of benzene rings is 1. The van der Waals surface area contributed by atoms with Crippen molar-refractivity contribution in [2.24, 2.45) is 5.92 Å². The van der Waals surface area contributed by atoms with Gasteiger partial charge in [-0.25, -0.2) is 4.79 Å². The predicted octanol–water partition coefficient (Wildman–Crippen LogP) is 3.54. The van der Waals surface area contributed by atoms with E-state index in [1.165, 1.54) is 0 Å². The number of hydrogen-bond acceptors (Lipinski definition) is 3. The van der Waals surface area contributed by atoms with Gasteiger partial charge in [-0.2, -0.15) is 0 Å². The fourth-order valence-corrected chi connectivity index (χ4v) is 2.34. The van der Waals surface area contributed by atoms with Crippen molar-refractivity contribution in [3.8, 4) is 0 Å². The average Bonchev–Trinajstić information content (AvgIpc) is 2.42. The van der Waals surface area contributed by atoms with Crippen LogP contribution >= 0.6 is 23.2 Å². The molecule has 0 aromatic heterocycles. The molecule has 1 aliphatic rings. The van der Waals surface area contributed by atoms with Crippen molar-refractivity contribution in [2.75, 3.05) is 25.0 Å². The fraction of sp³-hybridized carbons (Fsp3) is 0.462. The molecule has 0 saturated carbocycles. The summed E-state index contributed by atoms with van der Waals surface area (Å²) in [5, 5.41) is 6.81. The van der Waals surface area contributed by atoms with Gasteiger partial charge in [0.1, 0.15) is 0 Å². The van der Waals surface area contributed by atoms with E-state index in [2.05, 4.69) is 10.6 Å².